The first kappa shape index (κ1) is 19.1. The van der Waals surface area contributed by atoms with Crippen molar-refractivity contribution < 1.29 is 9.53 Å². The Morgan fingerprint density at radius 3 is 2.44 bits per heavy atom. The fourth-order valence-electron chi connectivity index (χ4n) is 2.12. The summed E-state index contributed by atoms with van der Waals surface area (Å²) in [4.78, 5) is 13.1. The van der Waals surface area contributed by atoms with Crippen molar-refractivity contribution in [3.63, 3.8) is 0 Å². The van der Waals surface area contributed by atoms with Crippen molar-refractivity contribution in [2.45, 2.75) is 32.1 Å². The number of thioether (sulfide) groups is 1. The maximum Gasteiger partial charge on any atom is 0.240 e. The van der Waals surface area contributed by atoms with E-state index in [4.69, 9.17) is 4.74 Å². The number of nitrogens with one attached hydrogen (secondary N) is 1. The molecule has 0 atom stereocenters. The van der Waals surface area contributed by atoms with Crippen molar-refractivity contribution in [1.29, 1.82) is 0 Å². The van der Waals surface area contributed by atoms with Crippen LogP contribution in [0.25, 0.3) is 0 Å². The number of benzene rings is 2. The van der Waals surface area contributed by atoms with Crippen molar-refractivity contribution >= 4 is 23.4 Å². The van der Waals surface area contributed by atoms with Gasteiger partial charge in [-0.2, -0.15) is 5.10 Å². The molecular weight excluding hydrogens is 332 g/mol. The Balaban J connectivity index is 1.77. The topological polar surface area (TPSA) is 50.7 Å². The molecule has 5 heteroatoms. The first-order valence-electron chi connectivity index (χ1n) is 8.34. The molecule has 0 aliphatic rings. The van der Waals surface area contributed by atoms with E-state index in [0.717, 1.165) is 22.8 Å². The van der Waals surface area contributed by atoms with E-state index in [1.807, 2.05) is 38.1 Å². The van der Waals surface area contributed by atoms with E-state index in [0.29, 0.717) is 13.0 Å². The van der Waals surface area contributed by atoms with Gasteiger partial charge < -0.3 is 4.74 Å². The molecule has 0 bridgehead atoms. The lowest BCUT2D eigenvalue weighted by molar-refractivity contribution is -0.120. The third kappa shape index (κ3) is 6.63. The molecule has 0 unspecified atom stereocenters. The van der Waals surface area contributed by atoms with Crippen LogP contribution in [0.2, 0.25) is 0 Å². The number of amides is 1. The fraction of sp³-hybridized carbons (Fsp3) is 0.300. The van der Waals surface area contributed by atoms with Gasteiger partial charge in [-0.25, -0.2) is 5.43 Å². The summed E-state index contributed by atoms with van der Waals surface area (Å²) in [5.41, 5.74) is 5.58. The normalized spacial score (nSPS) is 11.2. The fourth-order valence-corrected chi connectivity index (χ4v) is 2.97. The minimum absolute atomic E-state index is 0.0788. The average Bonchev–Trinajstić information content (AvgIpc) is 2.62. The molecule has 2 rings (SSSR count). The van der Waals surface area contributed by atoms with Crippen LogP contribution >= 0.6 is 11.8 Å². The van der Waals surface area contributed by atoms with Gasteiger partial charge in [-0.3, -0.25) is 4.79 Å². The number of carbonyl (C=O) groups is 1. The van der Waals surface area contributed by atoms with E-state index in [9.17, 15) is 4.79 Å². The minimum Gasteiger partial charge on any atom is -0.494 e. The van der Waals surface area contributed by atoms with E-state index in [1.54, 1.807) is 11.8 Å². The second kappa shape index (κ2) is 9.89. The molecule has 0 radical (unpaired) electrons. The molecular formula is C20H24N2O2S. The van der Waals surface area contributed by atoms with Crippen LogP contribution in [0.15, 0.2) is 58.5 Å². The second-order valence-electron chi connectivity index (χ2n) is 5.60. The maximum atomic E-state index is 11.9. The molecule has 0 spiro atoms. The van der Waals surface area contributed by atoms with E-state index in [2.05, 4.69) is 41.7 Å². The first-order valence-corrected chi connectivity index (χ1v) is 9.33. The zero-order valence-corrected chi connectivity index (χ0v) is 15.7. The van der Waals surface area contributed by atoms with Crippen LogP contribution in [0.1, 0.15) is 31.4 Å². The number of carbonyl (C=O) groups excluding carboxylic acids is 1. The van der Waals surface area contributed by atoms with Gasteiger partial charge >= 0.3 is 0 Å². The smallest absolute Gasteiger partial charge is 0.240 e. The summed E-state index contributed by atoms with van der Waals surface area (Å²) in [6.45, 7) is 6.53. The Hall–Kier alpha value is -2.27. The van der Waals surface area contributed by atoms with E-state index < -0.39 is 0 Å². The quantitative estimate of drug-likeness (QED) is 0.433. The summed E-state index contributed by atoms with van der Waals surface area (Å²) in [5, 5.41) is 4.17. The molecule has 0 saturated heterocycles. The monoisotopic (exact) mass is 356 g/mol. The molecule has 25 heavy (non-hydrogen) atoms. The minimum atomic E-state index is -0.0788. The molecule has 0 aliphatic carbocycles. The highest BCUT2D eigenvalue weighted by atomic mass is 32.2. The lowest BCUT2D eigenvalue weighted by Gasteiger charge is -2.06. The van der Waals surface area contributed by atoms with Gasteiger partial charge in [0.2, 0.25) is 5.91 Å². The molecule has 2 aromatic rings. The summed E-state index contributed by atoms with van der Waals surface area (Å²) in [6.07, 6.45) is 0.429. The Labute approximate surface area is 153 Å². The van der Waals surface area contributed by atoms with Crippen LogP contribution in [0, 0.1) is 6.92 Å². The Bertz CT molecular complexity index is 709. The molecule has 132 valence electrons. The van der Waals surface area contributed by atoms with Crippen molar-refractivity contribution in [2.75, 3.05) is 12.4 Å². The molecule has 0 heterocycles. The number of nitrogens with zero attached hydrogens (tertiary/aromatic N) is 1. The highest BCUT2D eigenvalue weighted by Gasteiger charge is 2.03. The summed E-state index contributed by atoms with van der Waals surface area (Å²) >= 11 is 1.67. The average molecular weight is 356 g/mol. The second-order valence-corrected chi connectivity index (χ2v) is 6.77. The lowest BCUT2D eigenvalue weighted by atomic mass is 10.1. The van der Waals surface area contributed by atoms with Crippen LogP contribution in [0.3, 0.4) is 0 Å². The van der Waals surface area contributed by atoms with Crippen LogP contribution in [-0.4, -0.2) is 24.0 Å². The van der Waals surface area contributed by atoms with Gasteiger partial charge in [0.05, 0.1) is 12.3 Å². The van der Waals surface area contributed by atoms with Crippen molar-refractivity contribution in [3.05, 3.63) is 59.7 Å². The third-order valence-corrected chi connectivity index (χ3v) is 4.56. The Morgan fingerprint density at radius 1 is 1.12 bits per heavy atom. The number of hydrazone groups is 1. The number of ether oxygens (including phenoxy) is 1. The summed E-state index contributed by atoms with van der Waals surface area (Å²) in [5.74, 6) is 1.48. The summed E-state index contributed by atoms with van der Waals surface area (Å²) in [7, 11) is 0. The van der Waals surface area contributed by atoms with Crippen LogP contribution < -0.4 is 10.2 Å². The van der Waals surface area contributed by atoms with Gasteiger partial charge in [0.25, 0.3) is 0 Å². The molecule has 0 aliphatic heterocycles. The molecule has 0 fully saturated rings. The van der Waals surface area contributed by atoms with Gasteiger partial charge in [-0.1, -0.05) is 17.7 Å². The van der Waals surface area contributed by atoms with Gasteiger partial charge in [0.15, 0.2) is 0 Å². The summed E-state index contributed by atoms with van der Waals surface area (Å²) < 4.78 is 5.41. The predicted octanol–water partition coefficient (Wildman–Crippen LogP) is 4.42. The van der Waals surface area contributed by atoms with E-state index in [1.165, 1.54) is 10.5 Å². The first-order chi connectivity index (χ1) is 12.1. The molecule has 4 nitrogen and oxygen atoms in total. The Kier molecular flexibility index (Phi) is 7.54. The molecule has 0 saturated carbocycles. The molecule has 0 aromatic heterocycles. The van der Waals surface area contributed by atoms with Gasteiger partial charge in [0.1, 0.15) is 5.75 Å². The van der Waals surface area contributed by atoms with Crippen molar-refractivity contribution in [2.24, 2.45) is 5.10 Å². The van der Waals surface area contributed by atoms with Crippen LogP contribution in [-0.2, 0) is 4.79 Å². The number of hydrogen-bond donors (Lipinski definition) is 1. The largest absolute Gasteiger partial charge is 0.494 e. The van der Waals surface area contributed by atoms with Crippen molar-refractivity contribution in [3.8, 4) is 5.75 Å². The lowest BCUT2D eigenvalue weighted by Crippen LogP contribution is -2.19. The number of rotatable bonds is 8. The van der Waals surface area contributed by atoms with Gasteiger partial charge in [0, 0.05) is 17.1 Å². The number of aryl methyl sites for hydroxylation is 1. The summed E-state index contributed by atoms with van der Waals surface area (Å²) in [6, 6.07) is 16.0. The molecule has 1 N–H and O–H groups in total. The third-order valence-electron chi connectivity index (χ3n) is 3.55. The zero-order valence-electron chi connectivity index (χ0n) is 14.9. The molecule has 1 amide bonds. The maximum absolute atomic E-state index is 11.9. The standard InChI is InChI=1S/C20H24N2O2S/c1-4-24-18-9-7-17(8-10-18)16(3)21-22-20(23)13-14-25-19-11-5-15(2)6-12-19/h5-12H,4,13-14H2,1-3H3,(H,22,23)/b21-16-. The molecule has 2 aromatic carbocycles. The highest BCUT2D eigenvalue weighted by Crippen LogP contribution is 2.19. The van der Waals surface area contributed by atoms with Crippen LogP contribution in [0.4, 0.5) is 0 Å². The van der Waals surface area contributed by atoms with Crippen LogP contribution in [0.5, 0.6) is 5.75 Å². The van der Waals surface area contributed by atoms with Gasteiger partial charge in [-0.05, 0) is 62.7 Å². The van der Waals surface area contributed by atoms with E-state index in [-0.39, 0.29) is 5.91 Å². The van der Waals surface area contributed by atoms with Crippen molar-refractivity contribution in [1.82, 2.24) is 5.43 Å². The number of hydrogen-bond acceptors (Lipinski definition) is 4. The zero-order chi connectivity index (χ0) is 18.1. The highest BCUT2D eigenvalue weighted by molar-refractivity contribution is 7.99. The SMILES string of the molecule is CCOc1ccc(/C(C)=N\NC(=O)CCSc2ccc(C)cc2)cc1. The van der Waals surface area contributed by atoms with E-state index >= 15 is 0 Å². The van der Waals surface area contributed by atoms with Gasteiger partial charge in [-0.15, -0.1) is 11.8 Å². The predicted molar refractivity (Wildman–Crippen MR) is 104 cm³/mol. The Morgan fingerprint density at radius 2 is 1.80 bits per heavy atom.